The summed E-state index contributed by atoms with van der Waals surface area (Å²) in [5.74, 6) is 0.325. The number of anilines is 1. The van der Waals surface area contributed by atoms with E-state index in [1.807, 2.05) is 4.90 Å². The molecule has 1 saturated heterocycles. The molecular weight excluding hydrogens is 397 g/mol. The van der Waals surface area contributed by atoms with Gasteiger partial charge in [-0.3, -0.25) is 0 Å². The van der Waals surface area contributed by atoms with Crippen LogP contribution in [0.25, 0.3) is 11.4 Å². The van der Waals surface area contributed by atoms with Crippen molar-refractivity contribution in [2.45, 2.75) is 30.3 Å². The van der Waals surface area contributed by atoms with Gasteiger partial charge in [0.25, 0.3) is 0 Å². The molecule has 2 heterocycles. The number of piperidine rings is 1. The molecule has 2 aromatic rings. The molecule has 0 radical (unpaired) electrons. The second-order valence-electron chi connectivity index (χ2n) is 6.86. The van der Waals surface area contributed by atoms with E-state index < -0.39 is 26.5 Å². The molecule has 0 amide bonds. The van der Waals surface area contributed by atoms with Crippen molar-refractivity contribution in [3.63, 3.8) is 0 Å². The summed E-state index contributed by atoms with van der Waals surface area (Å²) in [6.07, 6.45) is -1.56. The van der Waals surface area contributed by atoms with E-state index in [1.54, 1.807) is 0 Å². The second kappa shape index (κ2) is 7.66. The SMILES string of the molecule is CS(=O)(=O)c1c(C(F)(F)F)ccc(N2CCC(CCN)CC2)c1-c1nnn[nH]1. The second-order valence-corrected chi connectivity index (χ2v) is 8.82. The van der Waals surface area contributed by atoms with Gasteiger partial charge in [-0.05, 0) is 54.3 Å². The van der Waals surface area contributed by atoms with E-state index in [9.17, 15) is 21.6 Å². The molecule has 3 rings (SSSR count). The number of nitrogens with zero attached hydrogens (tertiary/aromatic N) is 4. The quantitative estimate of drug-likeness (QED) is 0.761. The Kier molecular flexibility index (Phi) is 5.62. The average Bonchev–Trinajstić information content (AvgIpc) is 3.14. The van der Waals surface area contributed by atoms with Crippen LogP contribution in [0.1, 0.15) is 24.8 Å². The van der Waals surface area contributed by atoms with Crippen LogP contribution in [0.5, 0.6) is 0 Å². The van der Waals surface area contributed by atoms with Crippen LogP contribution in [-0.2, 0) is 16.0 Å². The molecule has 154 valence electrons. The minimum absolute atomic E-state index is 0.120. The number of H-pyrrole nitrogens is 1. The van der Waals surface area contributed by atoms with Crippen molar-refractivity contribution >= 4 is 15.5 Å². The number of nitrogens with two attached hydrogens (primary N) is 1. The Morgan fingerprint density at radius 1 is 1.29 bits per heavy atom. The zero-order valence-corrected chi connectivity index (χ0v) is 16.0. The third-order valence-corrected chi connectivity index (χ3v) is 6.09. The molecule has 1 aliphatic rings. The minimum Gasteiger partial charge on any atom is -0.371 e. The van der Waals surface area contributed by atoms with Gasteiger partial charge in [-0.2, -0.15) is 13.2 Å². The fourth-order valence-corrected chi connectivity index (χ4v) is 4.79. The number of hydrogen-bond donors (Lipinski definition) is 2. The number of tetrazole rings is 1. The first-order valence-corrected chi connectivity index (χ1v) is 10.7. The van der Waals surface area contributed by atoms with Crippen molar-refractivity contribution in [2.75, 3.05) is 30.8 Å². The lowest BCUT2D eigenvalue weighted by Crippen LogP contribution is -2.35. The maximum Gasteiger partial charge on any atom is 0.417 e. The van der Waals surface area contributed by atoms with Crippen molar-refractivity contribution < 1.29 is 21.6 Å². The topological polar surface area (TPSA) is 118 Å². The normalized spacial score (nSPS) is 16.5. The van der Waals surface area contributed by atoms with Crippen LogP contribution in [0.4, 0.5) is 18.9 Å². The van der Waals surface area contributed by atoms with Gasteiger partial charge in [0.2, 0.25) is 0 Å². The van der Waals surface area contributed by atoms with Gasteiger partial charge in [0, 0.05) is 25.0 Å². The van der Waals surface area contributed by atoms with Gasteiger partial charge < -0.3 is 10.6 Å². The molecule has 1 aromatic heterocycles. The highest BCUT2D eigenvalue weighted by molar-refractivity contribution is 7.91. The van der Waals surface area contributed by atoms with Crippen molar-refractivity contribution in [3.8, 4) is 11.4 Å². The highest BCUT2D eigenvalue weighted by atomic mass is 32.2. The van der Waals surface area contributed by atoms with E-state index in [1.165, 1.54) is 6.07 Å². The first kappa shape index (κ1) is 20.5. The van der Waals surface area contributed by atoms with E-state index in [-0.39, 0.29) is 11.4 Å². The Bertz CT molecular complexity index is 923. The molecule has 8 nitrogen and oxygen atoms in total. The van der Waals surface area contributed by atoms with E-state index >= 15 is 0 Å². The summed E-state index contributed by atoms with van der Waals surface area (Å²) in [6.45, 7) is 1.74. The lowest BCUT2D eigenvalue weighted by Gasteiger charge is -2.35. The van der Waals surface area contributed by atoms with Crippen LogP contribution >= 0.6 is 0 Å². The molecule has 1 aromatic carbocycles. The monoisotopic (exact) mass is 418 g/mol. The number of aromatic nitrogens is 4. The fourth-order valence-electron chi connectivity index (χ4n) is 3.64. The molecule has 3 N–H and O–H groups in total. The molecule has 1 aliphatic heterocycles. The summed E-state index contributed by atoms with van der Waals surface area (Å²) in [5.41, 5.74) is 4.58. The van der Waals surface area contributed by atoms with Crippen molar-refractivity contribution in [2.24, 2.45) is 11.7 Å². The maximum absolute atomic E-state index is 13.6. The van der Waals surface area contributed by atoms with E-state index in [4.69, 9.17) is 5.73 Å². The Hall–Kier alpha value is -2.21. The van der Waals surface area contributed by atoms with Crippen molar-refractivity contribution in [1.82, 2.24) is 20.6 Å². The van der Waals surface area contributed by atoms with Gasteiger partial charge in [-0.25, -0.2) is 13.5 Å². The minimum atomic E-state index is -4.84. The summed E-state index contributed by atoms with van der Waals surface area (Å²) in [6, 6.07) is 2.10. The van der Waals surface area contributed by atoms with Gasteiger partial charge in [-0.15, -0.1) is 5.10 Å². The van der Waals surface area contributed by atoms with E-state index in [0.29, 0.717) is 31.2 Å². The molecule has 0 unspecified atom stereocenters. The third kappa shape index (κ3) is 4.12. The molecule has 0 aliphatic carbocycles. The highest BCUT2D eigenvalue weighted by Crippen LogP contribution is 2.43. The van der Waals surface area contributed by atoms with Gasteiger partial charge >= 0.3 is 6.18 Å². The molecule has 1 fully saturated rings. The predicted molar refractivity (Wildman–Crippen MR) is 96.3 cm³/mol. The third-order valence-electron chi connectivity index (χ3n) is 4.92. The molecule has 0 saturated carbocycles. The van der Waals surface area contributed by atoms with Gasteiger partial charge in [0.1, 0.15) is 0 Å². The van der Waals surface area contributed by atoms with Gasteiger partial charge in [0.05, 0.1) is 16.0 Å². The van der Waals surface area contributed by atoms with E-state index in [0.717, 1.165) is 31.6 Å². The Morgan fingerprint density at radius 2 is 1.96 bits per heavy atom. The molecule has 0 spiro atoms. The first-order valence-electron chi connectivity index (χ1n) is 8.76. The predicted octanol–water partition coefficient (Wildman–Crippen LogP) is 1.85. The Morgan fingerprint density at radius 3 is 2.46 bits per heavy atom. The summed E-state index contributed by atoms with van der Waals surface area (Å²) < 4.78 is 65.4. The summed E-state index contributed by atoms with van der Waals surface area (Å²) in [7, 11) is -4.23. The van der Waals surface area contributed by atoms with Crippen LogP contribution in [0.2, 0.25) is 0 Å². The number of alkyl halides is 3. The number of sulfone groups is 1. The smallest absolute Gasteiger partial charge is 0.371 e. The van der Waals surface area contributed by atoms with Gasteiger partial charge in [0.15, 0.2) is 15.7 Å². The van der Waals surface area contributed by atoms with Crippen LogP contribution in [-0.4, -0.2) is 54.9 Å². The number of nitrogens with one attached hydrogen (secondary N) is 1. The summed E-state index contributed by atoms with van der Waals surface area (Å²) in [4.78, 5) is 1.06. The highest BCUT2D eigenvalue weighted by Gasteiger charge is 2.40. The zero-order valence-electron chi connectivity index (χ0n) is 15.2. The zero-order chi connectivity index (χ0) is 20.5. The van der Waals surface area contributed by atoms with Crippen molar-refractivity contribution in [1.29, 1.82) is 0 Å². The van der Waals surface area contributed by atoms with E-state index in [2.05, 4.69) is 20.6 Å². The number of rotatable bonds is 5. The molecule has 12 heteroatoms. The van der Waals surface area contributed by atoms with Crippen LogP contribution in [0, 0.1) is 5.92 Å². The molecule has 28 heavy (non-hydrogen) atoms. The number of benzene rings is 1. The Balaban J connectivity index is 2.17. The average molecular weight is 418 g/mol. The fraction of sp³-hybridized carbons (Fsp3) is 0.562. The van der Waals surface area contributed by atoms with Crippen LogP contribution in [0.15, 0.2) is 17.0 Å². The lowest BCUT2D eigenvalue weighted by molar-refractivity contribution is -0.139. The Labute approximate surface area is 160 Å². The summed E-state index contributed by atoms with van der Waals surface area (Å²) >= 11 is 0. The molecule has 0 atom stereocenters. The molecular formula is C16H21F3N6O2S. The van der Waals surface area contributed by atoms with Crippen LogP contribution < -0.4 is 10.6 Å². The first-order chi connectivity index (χ1) is 13.1. The standard InChI is InChI=1S/C16H21F3N6O2S/c1-28(26,27)14-11(16(17,18)19)2-3-12(13(14)15-21-23-24-22-15)25-8-5-10(4-7-20)6-9-25/h2-3,10H,4-9,20H2,1H3,(H,21,22,23,24). The van der Waals surface area contributed by atoms with Crippen molar-refractivity contribution in [3.05, 3.63) is 17.7 Å². The number of aromatic amines is 1. The van der Waals surface area contributed by atoms with Gasteiger partial charge in [-0.1, -0.05) is 0 Å². The largest absolute Gasteiger partial charge is 0.417 e. The lowest BCUT2D eigenvalue weighted by atomic mass is 9.92. The maximum atomic E-state index is 13.6. The molecule has 0 bridgehead atoms. The van der Waals surface area contributed by atoms with Crippen LogP contribution in [0.3, 0.4) is 0 Å². The summed E-state index contributed by atoms with van der Waals surface area (Å²) in [5, 5.41) is 12.9. The number of hydrogen-bond acceptors (Lipinski definition) is 7. The number of halogens is 3.